The summed E-state index contributed by atoms with van der Waals surface area (Å²) in [7, 11) is 0. The van der Waals surface area contributed by atoms with Crippen molar-refractivity contribution in [3.8, 4) is 0 Å². The largest absolute Gasteiger partial charge is 0.388 e. The van der Waals surface area contributed by atoms with E-state index in [1.807, 2.05) is 0 Å². The molecule has 8 aliphatic rings. The zero-order chi connectivity index (χ0) is 26.7. The lowest BCUT2D eigenvalue weighted by molar-refractivity contribution is -0.179. The van der Waals surface area contributed by atoms with Crippen molar-refractivity contribution in [1.29, 1.82) is 0 Å². The Kier molecular flexibility index (Phi) is 5.86. The number of hydrogen-bond donors (Lipinski definition) is 1. The van der Waals surface area contributed by atoms with Crippen molar-refractivity contribution in [2.24, 2.45) is 58.2 Å². The summed E-state index contributed by atoms with van der Waals surface area (Å²) in [5.41, 5.74) is -0.532. The number of β-amino-alcohol motifs (C(OH)–C–C–N with tert-alkyl or cyclic N) is 1. The minimum absolute atomic E-state index is 0.00703. The van der Waals surface area contributed by atoms with Gasteiger partial charge in [0, 0.05) is 29.8 Å². The topological polar surface area (TPSA) is 57.6 Å². The molecule has 0 unspecified atom stereocenters. The van der Waals surface area contributed by atoms with Gasteiger partial charge in [0.1, 0.15) is 5.78 Å². The Balaban J connectivity index is 1.12. The Bertz CT molecular complexity index is 968. The molecular formula is C34H53NO3. The molecule has 0 heterocycles. The normalized spacial score (nSPS) is 53.0. The highest BCUT2D eigenvalue weighted by Gasteiger charge is 2.62. The van der Waals surface area contributed by atoms with Crippen LogP contribution in [0.1, 0.15) is 124 Å². The van der Waals surface area contributed by atoms with E-state index in [1.165, 1.54) is 57.8 Å². The Hall–Kier alpha value is -0.900. The predicted octanol–water partition coefficient (Wildman–Crippen LogP) is 6.78. The zero-order valence-electron chi connectivity index (χ0n) is 24.6. The van der Waals surface area contributed by atoms with Crippen LogP contribution in [0, 0.1) is 58.2 Å². The van der Waals surface area contributed by atoms with Crippen LogP contribution in [0.4, 0.5) is 0 Å². The lowest BCUT2D eigenvalue weighted by atomic mass is 9.44. The third-order valence-electron chi connectivity index (χ3n) is 14.3. The minimum atomic E-state index is -0.753. The molecule has 0 spiro atoms. The summed E-state index contributed by atoms with van der Waals surface area (Å²) < 4.78 is 0. The van der Waals surface area contributed by atoms with Crippen molar-refractivity contribution in [3.05, 3.63) is 0 Å². The summed E-state index contributed by atoms with van der Waals surface area (Å²) in [6.45, 7) is 9.51. The summed E-state index contributed by atoms with van der Waals surface area (Å²) in [5.74, 6) is 5.71. The molecule has 4 heteroatoms. The van der Waals surface area contributed by atoms with Crippen molar-refractivity contribution in [1.82, 2.24) is 4.90 Å². The monoisotopic (exact) mass is 523 g/mol. The Labute approximate surface area is 231 Å². The summed E-state index contributed by atoms with van der Waals surface area (Å²) >= 11 is 0. The number of aliphatic hydroxyl groups is 1. The van der Waals surface area contributed by atoms with Gasteiger partial charge in [0.05, 0.1) is 5.60 Å². The lowest BCUT2D eigenvalue weighted by Crippen LogP contribution is -2.66. The number of carbonyl (C=O) groups is 2. The molecule has 0 aromatic rings. The molecule has 8 aliphatic carbocycles. The molecule has 1 N–H and O–H groups in total. The number of rotatable bonds is 4. The van der Waals surface area contributed by atoms with E-state index in [4.69, 9.17) is 0 Å². The number of nitrogens with zero attached hydrogens (tertiary/aromatic N) is 1. The maximum absolute atomic E-state index is 13.9. The van der Waals surface area contributed by atoms with Crippen LogP contribution in [0.15, 0.2) is 0 Å². The van der Waals surface area contributed by atoms with Gasteiger partial charge >= 0.3 is 0 Å². The van der Waals surface area contributed by atoms with E-state index in [1.54, 1.807) is 0 Å². The first-order valence-corrected chi connectivity index (χ1v) is 16.5. The van der Waals surface area contributed by atoms with E-state index >= 15 is 0 Å². The number of ketones is 1. The van der Waals surface area contributed by atoms with Crippen molar-refractivity contribution in [2.75, 3.05) is 6.54 Å². The summed E-state index contributed by atoms with van der Waals surface area (Å²) in [4.78, 5) is 29.0. The fourth-order valence-corrected chi connectivity index (χ4v) is 12.7. The second kappa shape index (κ2) is 8.56. The van der Waals surface area contributed by atoms with Crippen molar-refractivity contribution in [3.63, 3.8) is 0 Å². The van der Waals surface area contributed by atoms with Crippen LogP contribution >= 0.6 is 0 Å². The van der Waals surface area contributed by atoms with Crippen molar-refractivity contribution < 1.29 is 14.7 Å². The van der Waals surface area contributed by atoms with Gasteiger partial charge in [-0.05, 0) is 137 Å². The molecular weight excluding hydrogens is 470 g/mol. The highest BCUT2D eigenvalue weighted by Crippen LogP contribution is 2.66. The summed E-state index contributed by atoms with van der Waals surface area (Å²) in [5, 5.41) is 12.3. The molecule has 4 bridgehead atoms. The molecule has 0 aromatic heterocycles. The second-order valence-corrected chi connectivity index (χ2v) is 16.7. The fraction of sp³-hybridized carbons (Fsp3) is 0.941. The SMILES string of the molecule is CC(C)C(=O)N(C[C@@]1(O)CC[C@@]2(C)[C@@H](CC[C@@H]3[C@@H]2CC[C@]2(C)C(=O)CC[C@@H]32)C1)C12CC3CC(CC(C3)C1)C2. The molecule has 38 heavy (non-hydrogen) atoms. The first kappa shape index (κ1) is 26.0. The first-order valence-electron chi connectivity index (χ1n) is 16.5. The summed E-state index contributed by atoms with van der Waals surface area (Å²) in [6, 6.07) is 0. The molecule has 7 atom stereocenters. The van der Waals surface area contributed by atoms with Gasteiger partial charge in [-0.3, -0.25) is 9.59 Å². The molecule has 1 amide bonds. The van der Waals surface area contributed by atoms with E-state index < -0.39 is 5.60 Å². The molecule has 8 saturated carbocycles. The van der Waals surface area contributed by atoms with Gasteiger partial charge in [0.15, 0.2) is 0 Å². The standard InChI is InChI=1S/C34H53NO3/c1-21(2)30(37)35(33-16-22-13-23(17-33)15-24(14-22)18-33)20-34(38)12-11-31(3)25(19-34)5-6-26-27-7-8-29(36)32(27,4)10-9-28(26)31/h21-28,38H,5-20H2,1-4H3/t22?,23?,24?,25-,26-,27-,28-,31-,32-,33?,34+/m0/s1. The molecule has 8 rings (SSSR count). The number of carbonyl (C=O) groups excluding carboxylic acids is 2. The Morgan fingerprint density at radius 2 is 1.55 bits per heavy atom. The third kappa shape index (κ3) is 3.69. The smallest absolute Gasteiger partial charge is 0.225 e. The first-order chi connectivity index (χ1) is 17.9. The van der Waals surface area contributed by atoms with Crippen LogP contribution in [0.25, 0.3) is 0 Å². The Morgan fingerprint density at radius 1 is 0.895 bits per heavy atom. The molecule has 0 aromatic carbocycles. The molecule has 212 valence electrons. The van der Waals surface area contributed by atoms with Crippen LogP contribution in [-0.4, -0.2) is 39.4 Å². The van der Waals surface area contributed by atoms with Gasteiger partial charge in [-0.2, -0.15) is 0 Å². The van der Waals surface area contributed by atoms with Gasteiger partial charge in [0.25, 0.3) is 0 Å². The van der Waals surface area contributed by atoms with Gasteiger partial charge in [-0.1, -0.05) is 27.7 Å². The molecule has 0 radical (unpaired) electrons. The van der Waals surface area contributed by atoms with E-state index in [-0.39, 0.29) is 28.2 Å². The summed E-state index contributed by atoms with van der Waals surface area (Å²) in [6.07, 6.45) is 17.0. The van der Waals surface area contributed by atoms with Crippen LogP contribution < -0.4 is 0 Å². The highest BCUT2D eigenvalue weighted by atomic mass is 16.3. The highest BCUT2D eigenvalue weighted by molar-refractivity contribution is 5.87. The second-order valence-electron chi connectivity index (χ2n) is 16.7. The lowest BCUT2D eigenvalue weighted by Gasteiger charge is -2.63. The molecule has 8 fully saturated rings. The number of Topliss-reactive ketones (excluding diaryl/α,β-unsaturated/α-hetero) is 1. The zero-order valence-corrected chi connectivity index (χ0v) is 24.6. The van der Waals surface area contributed by atoms with Gasteiger partial charge in [-0.15, -0.1) is 0 Å². The number of amides is 1. The average molecular weight is 524 g/mol. The van der Waals surface area contributed by atoms with Gasteiger partial charge in [-0.25, -0.2) is 0 Å². The van der Waals surface area contributed by atoms with Crippen molar-refractivity contribution in [2.45, 2.75) is 135 Å². The fourth-order valence-electron chi connectivity index (χ4n) is 12.7. The average Bonchev–Trinajstić information content (AvgIpc) is 3.16. The van der Waals surface area contributed by atoms with E-state index in [0.717, 1.165) is 56.3 Å². The van der Waals surface area contributed by atoms with Gasteiger partial charge in [0.2, 0.25) is 5.91 Å². The van der Waals surface area contributed by atoms with Gasteiger partial charge < -0.3 is 10.0 Å². The van der Waals surface area contributed by atoms with E-state index in [2.05, 4.69) is 32.6 Å². The third-order valence-corrected chi connectivity index (χ3v) is 14.3. The van der Waals surface area contributed by atoms with Crippen molar-refractivity contribution >= 4 is 11.7 Å². The van der Waals surface area contributed by atoms with E-state index in [9.17, 15) is 14.7 Å². The van der Waals surface area contributed by atoms with E-state index in [0.29, 0.717) is 36.0 Å². The molecule has 0 saturated heterocycles. The maximum atomic E-state index is 13.9. The van der Waals surface area contributed by atoms with Crippen LogP contribution in [0.2, 0.25) is 0 Å². The van der Waals surface area contributed by atoms with Crippen LogP contribution in [0.3, 0.4) is 0 Å². The Morgan fingerprint density at radius 3 is 2.18 bits per heavy atom. The van der Waals surface area contributed by atoms with Crippen LogP contribution in [0.5, 0.6) is 0 Å². The number of hydrogen-bond acceptors (Lipinski definition) is 3. The van der Waals surface area contributed by atoms with Crippen LogP contribution in [-0.2, 0) is 9.59 Å². The number of fused-ring (bicyclic) bond motifs is 5. The predicted molar refractivity (Wildman–Crippen MR) is 149 cm³/mol. The minimum Gasteiger partial charge on any atom is -0.388 e. The molecule has 0 aliphatic heterocycles. The quantitative estimate of drug-likeness (QED) is 0.442. The molecule has 4 nitrogen and oxygen atoms in total. The maximum Gasteiger partial charge on any atom is 0.225 e.